The van der Waals surface area contributed by atoms with E-state index in [0.29, 0.717) is 17.5 Å². The van der Waals surface area contributed by atoms with E-state index in [-0.39, 0.29) is 29.2 Å². The molecule has 1 aliphatic heterocycles. The van der Waals surface area contributed by atoms with E-state index in [0.717, 1.165) is 11.8 Å². The Morgan fingerprint density at radius 1 is 1.56 bits per heavy atom. The summed E-state index contributed by atoms with van der Waals surface area (Å²) in [6.07, 6.45) is 0.485. The third-order valence-electron chi connectivity index (χ3n) is 2.43. The summed E-state index contributed by atoms with van der Waals surface area (Å²) in [4.78, 5) is 11.6. The number of amides is 1. The Morgan fingerprint density at radius 3 is 2.89 bits per heavy atom. The van der Waals surface area contributed by atoms with Gasteiger partial charge in [-0.05, 0) is 6.42 Å². The number of aryl methyl sites for hydroxylation is 1. The first-order valence-electron chi connectivity index (χ1n) is 5.37. The third kappa shape index (κ3) is 3.70. The van der Waals surface area contributed by atoms with Gasteiger partial charge in [0.1, 0.15) is 0 Å². The minimum Gasteiger partial charge on any atom is -0.416 e. The lowest BCUT2D eigenvalue weighted by molar-refractivity contribution is -0.119. The van der Waals surface area contributed by atoms with Crippen LogP contribution in [0.5, 0.6) is 0 Å². The van der Waals surface area contributed by atoms with Crippen LogP contribution in [-0.2, 0) is 14.6 Å². The molecule has 1 atom stereocenters. The van der Waals surface area contributed by atoms with Crippen LogP contribution in [0.4, 0.5) is 0 Å². The number of rotatable bonds is 4. The second-order valence-corrected chi connectivity index (χ2v) is 7.20. The molecule has 1 aromatic heterocycles. The standard InChI is InChI=1S/C9H13N3O4S2/c1-6-11-12-9(16-6)17-4-8(13)10-7-2-3-18(14,15)5-7/h7H,2-5H2,1H3,(H,10,13). The van der Waals surface area contributed by atoms with Crippen molar-refractivity contribution in [2.45, 2.75) is 24.6 Å². The van der Waals surface area contributed by atoms with Crippen LogP contribution < -0.4 is 5.32 Å². The Labute approximate surface area is 109 Å². The van der Waals surface area contributed by atoms with Gasteiger partial charge in [0.2, 0.25) is 11.8 Å². The highest BCUT2D eigenvalue weighted by Crippen LogP contribution is 2.16. The van der Waals surface area contributed by atoms with Crippen molar-refractivity contribution in [3.05, 3.63) is 5.89 Å². The normalized spacial score (nSPS) is 21.9. The number of nitrogens with zero attached hydrogens (tertiary/aromatic N) is 2. The van der Waals surface area contributed by atoms with Crippen LogP contribution in [0, 0.1) is 6.92 Å². The van der Waals surface area contributed by atoms with Gasteiger partial charge in [-0.25, -0.2) is 8.42 Å². The molecule has 1 aliphatic rings. The molecular formula is C9H13N3O4S2. The highest BCUT2D eigenvalue weighted by molar-refractivity contribution is 7.99. The fourth-order valence-corrected chi connectivity index (χ4v) is 3.93. The van der Waals surface area contributed by atoms with E-state index < -0.39 is 9.84 Å². The molecule has 9 heteroatoms. The van der Waals surface area contributed by atoms with Gasteiger partial charge in [-0.1, -0.05) is 11.8 Å². The molecule has 0 radical (unpaired) electrons. The molecule has 0 aliphatic carbocycles. The Morgan fingerprint density at radius 2 is 2.33 bits per heavy atom. The highest BCUT2D eigenvalue weighted by atomic mass is 32.2. The predicted molar refractivity (Wildman–Crippen MR) is 65.0 cm³/mol. The molecule has 1 fully saturated rings. The van der Waals surface area contributed by atoms with E-state index in [1.165, 1.54) is 0 Å². The first-order chi connectivity index (χ1) is 8.44. The molecule has 1 unspecified atom stereocenters. The van der Waals surface area contributed by atoms with Crippen molar-refractivity contribution < 1.29 is 17.6 Å². The molecule has 1 amide bonds. The van der Waals surface area contributed by atoms with Gasteiger partial charge >= 0.3 is 0 Å². The number of aromatic nitrogens is 2. The van der Waals surface area contributed by atoms with E-state index in [4.69, 9.17) is 4.42 Å². The third-order valence-corrected chi connectivity index (χ3v) is 5.02. The van der Waals surface area contributed by atoms with Gasteiger partial charge in [-0.2, -0.15) is 0 Å². The average molecular weight is 291 g/mol. The van der Waals surface area contributed by atoms with Gasteiger partial charge in [0.15, 0.2) is 9.84 Å². The van der Waals surface area contributed by atoms with Crippen LogP contribution in [-0.4, -0.2) is 47.8 Å². The lowest BCUT2D eigenvalue weighted by Crippen LogP contribution is -2.36. The summed E-state index contributed by atoms with van der Waals surface area (Å²) in [5, 5.41) is 10.4. The monoisotopic (exact) mass is 291 g/mol. The van der Waals surface area contributed by atoms with Gasteiger partial charge in [-0.3, -0.25) is 4.79 Å². The van der Waals surface area contributed by atoms with Crippen LogP contribution in [0.25, 0.3) is 0 Å². The smallest absolute Gasteiger partial charge is 0.277 e. The molecule has 2 rings (SSSR count). The zero-order valence-corrected chi connectivity index (χ0v) is 11.4. The van der Waals surface area contributed by atoms with Crippen molar-refractivity contribution in [1.29, 1.82) is 0 Å². The van der Waals surface area contributed by atoms with Crippen molar-refractivity contribution in [1.82, 2.24) is 15.5 Å². The summed E-state index contributed by atoms with van der Waals surface area (Å²) in [6, 6.07) is -0.271. The van der Waals surface area contributed by atoms with Crippen LogP contribution in [0.15, 0.2) is 9.64 Å². The van der Waals surface area contributed by atoms with Gasteiger partial charge in [0.05, 0.1) is 17.3 Å². The molecule has 7 nitrogen and oxygen atoms in total. The van der Waals surface area contributed by atoms with Crippen molar-refractivity contribution in [2.75, 3.05) is 17.3 Å². The van der Waals surface area contributed by atoms with Gasteiger partial charge in [-0.15, -0.1) is 10.2 Å². The molecule has 1 aromatic rings. The molecular weight excluding hydrogens is 278 g/mol. The average Bonchev–Trinajstić information content (AvgIpc) is 2.82. The summed E-state index contributed by atoms with van der Waals surface area (Å²) in [5.41, 5.74) is 0. The van der Waals surface area contributed by atoms with Gasteiger partial charge in [0.25, 0.3) is 5.22 Å². The van der Waals surface area contributed by atoms with Gasteiger partial charge < -0.3 is 9.73 Å². The summed E-state index contributed by atoms with van der Waals surface area (Å²) in [7, 11) is -2.97. The number of nitrogens with one attached hydrogen (secondary N) is 1. The SMILES string of the molecule is Cc1nnc(SCC(=O)NC2CCS(=O)(=O)C2)o1. The van der Waals surface area contributed by atoms with Crippen molar-refractivity contribution in [3.8, 4) is 0 Å². The molecule has 2 heterocycles. The summed E-state index contributed by atoms with van der Waals surface area (Å²) < 4.78 is 27.5. The van der Waals surface area contributed by atoms with Crippen molar-refractivity contribution in [3.63, 3.8) is 0 Å². The molecule has 0 saturated carbocycles. The van der Waals surface area contributed by atoms with Crippen LogP contribution in [0.1, 0.15) is 12.3 Å². The fraction of sp³-hybridized carbons (Fsp3) is 0.667. The number of carbonyl (C=O) groups excluding carboxylic acids is 1. The lowest BCUT2D eigenvalue weighted by Gasteiger charge is -2.09. The van der Waals surface area contributed by atoms with Crippen LogP contribution in [0.2, 0.25) is 0 Å². The maximum atomic E-state index is 11.6. The largest absolute Gasteiger partial charge is 0.416 e. The fourth-order valence-electron chi connectivity index (χ4n) is 1.64. The topological polar surface area (TPSA) is 102 Å². The zero-order valence-electron chi connectivity index (χ0n) is 9.75. The van der Waals surface area contributed by atoms with E-state index in [1.54, 1.807) is 6.92 Å². The zero-order chi connectivity index (χ0) is 13.2. The molecule has 0 bridgehead atoms. The summed E-state index contributed by atoms with van der Waals surface area (Å²) in [6.45, 7) is 1.67. The van der Waals surface area contributed by atoms with Crippen molar-refractivity contribution >= 4 is 27.5 Å². The Hall–Kier alpha value is -1.09. The lowest BCUT2D eigenvalue weighted by atomic mass is 10.3. The Bertz CT molecular complexity index is 540. The second kappa shape index (κ2) is 5.27. The van der Waals surface area contributed by atoms with E-state index >= 15 is 0 Å². The number of hydrogen-bond donors (Lipinski definition) is 1. The number of sulfone groups is 1. The maximum Gasteiger partial charge on any atom is 0.277 e. The van der Waals surface area contributed by atoms with Crippen LogP contribution >= 0.6 is 11.8 Å². The summed E-state index contributed by atoms with van der Waals surface area (Å²) >= 11 is 1.13. The minimum absolute atomic E-state index is 0.0308. The molecule has 1 saturated heterocycles. The first kappa shape index (κ1) is 13.3. The predicted octanol–water partition coefficient (Wildman–Crippen LogP) is -0.227. The highest BCUT2D eigenvalue weighted by Gasteiger charge is 2.28. The number of carbonyl (C=O) groups is 1. The van der Waals surface area contributed by atoms with E-state index in [2.05, 4.69) is 15.5 Å². The Balaban J connectivity index is 1.76. The maximum absolute atomic E-state index is 11.6. The Kier molecular flexibility index (Phi) is 3.91. The molecule has 18 heavy (non-hydrogen) atoms. The molecule has 1 N–H and O–H groups in total. The van der Waals surface area contributed by atoms with Crippen molar-refractivity contribution in [2.24, 2.45) is 0 Å². The number of hydrogen-bond acceptors (Lipinski definition) is 7. The van der Waals surface area contributed by atoms with E-state index in [1.807, 2.05) is 0 Å². The molecule has 100 valence electrons. The molecule has 0 spiro atoms. The minimum atomic E-state index is -2.97. The van der Waals surface area contributed by atoms with Crippen LogP contribution in [0.3, 0.4) is 0 Å². The number of thioether (sulfide) groups is 1. The van der Waals surface area contributed by atoms with Gasteiger partial charge in [0, 0.05) is 13.0 Å². The van der Waals surface area contributed by atoms with E-state index in [9.17, 15) is 13.2 Å². The quantitative estimate of drug-likeness (QED) is 0.765. The second-order valence-electron chi connectivity index (χ2n) is 4.04. The first-order valence-corrected chi connectivity index (χ1v) is 8.18. The molecule has 0 aromatic carbocycles. The summed E-state index contributed by atoms with van der Waals surface area (Å²) in [5.74, 6) is 0.535.